The van der Waals surface area contributed by atoms with Crippen LogP contribution in [0, 0.1) is 0 Å². The average Bonchev–Trinajstić information content (AvgIpc) is 3.25. The van der Waals surface area contributed by atoms with Crippen molar-refractivity contribution in [2.24, 2.45) is 0 Å². The van der Waals surface area contributed by atoms with Gasteiger partial charge in [-0.2, -0.15) is 0 Å². The fourth-order valence-corrected chi connectivity index (χ4v) is 1.69. The van der Waals surface area contributed by atoms with Crippen LogP contribution in [0.25, 0.3) is 0 Å². The molecule has 98 valence electrons. The number of benzene rings is 2. The Morgan fingerprint density at radius 3 is 2.32 bits per heavy atom. The van der Waals surface area contributed by atoms with E-state index in [1.165, 1.54) is 12.1 Å². The predicted molar refractivity (Wildman–Crippen MR) is 73.6 cm³/mol. The lowest BCUT2D eigenvalue weighted by atomic mass is 10.1. The van der Waals surface area contributed by atoms with E-state index < -0.39 is 0 Å². The molecule has 1 fully saturated rings. The van der Waals surface area contributed by atoms with Crippen molar-refractivity contribution in [3.8, 4) is 11.5 Å². The van der Waals surface area contributed by atoms with Crippen molar-refractivity contribution in [1.82, 2.24) is 0 Å². The van der Waals surface area contributed by atoms with Gasteiger partial charge in [0.05, 0.1) is 1.37 Å². The number of rotatable bonds is 2. The lowest BCUT2D eigenvalue weighted by Crippen LogP contribution is -1.77. The van der Waals surface area contributed by atoms with Crippen LogP contribution in [-0.2, 0) is 0 Å². The lowest BCUT2D eigenvalue weighted by Gasteiger charge is -1.98. The number of hydrogen-bond acceptors (Lipinski definition) is 3. The zero-order valence-corrected chi connectivity index (χ0v) is 10.4. The Morgan fingerprint density at radius 1 is 1.11 bits per heavy atom. The summed E-state index contributed by atoms with van der Waals surface area (Å²) in [7, 11) is 0. The van der Waals surface area contributed by atoms with Gasteiger partial charge in [-0.05, 0) is 54.7 Å². The first-order valence-electron chi connectivity index (χ1n) is 6.64. The fraction of sp³-hybridized carbons (Fsp3) is 0.188. The molecule has 19 heavy (non-hydrogen) atoms. The molecule has 0 atom stereocenters. The third-order valence-corrected chi connectivity index (χ3v) is 2.88. The van der Waals surface area contributed by atoms with Crippen LogP contribution in [0.1, 0.15) is 36.1 Å². The fourth-order valence-electron chi connectivity index (χ4n) is 1.69. The maximum absolute atomic E-state index is 10.0. The van der Waals surface area contributed by atoms with Gasteiger partial charge >= 0.3 is 0 Å². The highest BCUT2D eigenvalue weighted by molar-refractivity contribution is 5.74. The van der Waals surface area contributed by atoms with E-state index in [0.29, 0.717) is 23.3 Å². The smallest absolute Gasteiger partial charge is 0.150 e. The molecule has 0 spiro atoms. The molecule has 1 aliphatic carbocycles. The highest BCUT2D eigenvalue weighted by Gasteiger charge is 2.25. The summed E-state index contributed by atoms with van der Waals surface area (Å²) in [5.74, 6) is 0.935. The number of para-hydroxylation sites is 1. The number of carbonyl (C=O) groups is 1. The second kappa shape index (κ2) is 6.05. The minimum Gasteiger partial charge on any atom is -0.508 e. The first-order valence-corrected chi connectivity index (χ1v) is 6.14. The van der Waals surface area contributed by atoms with Gasteiger partial charge < -0.3 is 10.2 Å². The molecule has 0 heterocycles. The molecular formula is C16H16O3. The largest absolute Gasteiger partial charge is 0.508 e. The van der Waals surface area contributed by atoms with E-state index >= 15 is 0 Å². The van der Waals surface area contributed by atoms with Gasteiger partial charge in [-0.1, -0.05) is 18.2 Å². The summed E-state index contributed by atoms with van der Waals surface area (Å²) in [6, 6.07) is 11.6. The molecule has 2 aromatic rings. The van der Waals surface area contributed by atoms with E-state index in [1.807, 2.05) is 0 Å². The third-order valence-electron chi connectivity index (χ3n) is 2.88. The quantitative estimate of drug-likeness (QED) is 0.810. The van der Waals surface area contributed by atoms with Crippen molar-refractivity contribution in [3.05, 3.63) is 59.6 Å². The van der Waals surface area contributed by atoms with Crippen molar-refractivity contribution in [1.29, 1.82) is 0 Å². The van der Waals surface area contributed by atoms with Crippen LogP contribution in [0.5, 0.6) is 11.5 Å². The zero-order chi connectivity index (χ0) is 14.5. The molecule has 0 bridgehead atoms. The van der Waals surface area contributed by atoms with E-state index in [1.54, 1.807) is 30.3 Å². The molecule has 0 radical (unpaired) electrons. The van der Waals surface area contributed by atoms with E-state index in [9.17, 15) is 9.90 Å². The summed E-state index contributed by atoms with van der Waals surface area (Å²) in [4.78, 5) is 10.0. The Hall–Kier alpha value is -2.29. The predicted octanol–water partition coefficient (Wildman–Crippen LogP) is 3.47. The van der Waals surface area contributed by atoms with Gasteiger partial charge in [-0.25, -0.2) is 0 Å². The Labute approximate surface area is 113 Å². The van der Waals surface area contributed by atoms with Gasteiger partial charge in [0.25, 0.3) is 0 Å². The van der Waals surface area contributed by atoms with E-state index in [-0.39, 0.29) is 5.75 Å². The number of phenols is 2. The topological polar surface area (TPSA) is 57.5 Å². The minimum atomic E-state index is 0.181. The molecule has 3 rings (SSSR count). The summed E-state index contributed by atoms with van der Waals surface area (Å²) >= 11 is 0. The van der Waals surface area contributed by atoms with Gasteiger partial charge in [0.2, 0.25) is 0 Å². The van der Waals surface area contributed by atoms with E-state index in [2.05, 4.69) is 0 Å². The van der Waals surface area contributed by atoms with Gasteiger partial charge in [-0.3, -0.25) is 4.79 Å². The highest BCUT2D eigenvalue weighted by atomic mass is 16.3. The Kier molecular flexibility index (Phi) is 3.75. The van der Waals surface area contributed by atoms with Crippen LogP contribution in [0.3, 0.4) is 0 Å². The first-order chi connectivity index (χ1) is 9.61. The van der Waals surface area contributed by atoms with Crippen molar-refractivity contribution in [3.63, 3.8) is 0 Å². The molecule has 1 aliphatic rings. The molecule has 0 amide bonds. The van der Waals surface area contributed by atoms with Crippen LogP contribution < -0.4 is 0 Å². The summed E-state index contributed by atoms with van der Waals surface area (Å²) in [6.07, 6.45) is 2.99. The van der Waals surface area contributed by atoms with Crippen LogP contribution in [-0.4, -0.2) is 16.5 Å². The van der Waals surface area contributed by atoms with Gasteiger partial charge in [-0.15, -0.1) is 0 Å². The first kappa shape index (κ1) is 11.8. The summed E-state index contributed by atoms with van der Waals surface area (Å²) < 4.78 is 7.52. The number of carbonyl (C=O) groups excluding carboxylic acids is 1. The molecule has 0 saturated heterocycles. The van der Waals surface area contributed by atoms with Crippen LogP contribution >= 0.6 is 0 Å². The van der Waals surface area contributed by atoms with Crippen molar-refractivity contribution in [2.75, 3.05) is 0 Å². The third kappa shape index (κ3) is 3.85. The Balaban J connectivity index is 0.000000151. The second-order valence-electron chi connectivity index (χ2n) is 4.45. The van der Waals surface area contributed by atoms with E-state index in [4.69, 9.17) is 6.48 Å². The monoisotopic (exact) mass is 257 g/mol. The molecule has 2 aromatic carbocycles. The van der Waals surface area contributed by atoms with Gasteiger partial charge in [0.15, 0.2) is 0 Å². The van der Waals surface area contributed by atoms with Crippen molar-refractivity contribution < 1.29 is 16.4 Å². The summed E-state index contributed by atoms with van der Waals surface area (Å²) in [5, 5.41) is 18.1. The number of aromatic hydroxyl groups is 2. The molecule has 0 unspecified atom stereocenters. The van der Waals surface area contributed by atoms with Crippen molar-refractivity contribution in [2.45, 2.75) is 18.8 Å². The molecular weight excluding hydrogens is 240 g/mol. The molecule has 3 nitrogen and oxygen atoms in total. The maximum atomic E-state index is 10.0. The Morgan fingerprint density at radius 2 is 1.79 bits per heavy atom. The van der Waals surface area contributed by atoms with E-state index in [0.717, 1.165) is 24.7 Å². The summed E-state index contributed by atoms with van der Waals surface area (Å²) in [5.41, 5.74) is 1.42. The normalized spacial score (nSPS) is 14.0. The van der Waals surface area contributed by atoms with Crippen LogP contribution in [0.15, 0.2) is 48.5 Å². The maximum Gasteiger partial charge on any atom is 0.150 e. The minimum absolute atomic E-state index is 0.181. The molecule has 1 saturated carbocycles. The average molecular weight is 257 g/mol. The molecule has 2 N–H and O–H groups in total. The van der Waals surface area contributed by atoms with Gasteiger partial charge in [0, 0.05) is 5.56 Å². The number of hydrogen-bond donors (Lipinski definition) is 2. The summed E-state index contributed by atoms with van der Waals surface area (Å²) in [6.45, 7) is 0. The molecule has 0 aromatic heterocycles. The standard InChI is InChI=1S/C9H10O.C7H6O2/c10-9-4-2-1-3-8(9)7-5-6-7;8-5-6-1-3-7(9)4-2-6/h1-4,7,10H,5-6H2;1-5,9H/i3D;. The number of phenolic OH excluding ortho intramolecular Hbond substituents is 2. The highest BCUT2D eigenvalue weighted by Crippen LogP contribution is 2.43. The second-order valence-corrected chi connectivity index (χ2v) is 4.45. The molecule has 3 heteroatoms. The lowest BCUT2D eigenvalue weighted by molar-refractivity contribution is 0.112. The van der Waals surface area contributed by atoms with Crippen LogP contribution in [0.4, 0.5) is 0 Å². The number of aldehydes is 1. The SMILES string of the molecule is O=Cc1ccc(O)cc1.[2H]c1cccc(O)c1C1CC1. The Bertz CT molecular complexity index is 569. The van der Waals surface area contributed by atoms with Gasteiger partial charge in [0.1, 0.15) is 17.8 Å². The van der Waals surface area contributed by atoms with Crippen LogP contribution in [0.2, 0.25) is 0 Å². The molecule has 0 aliphatic heterocycles. The zero-order valence-electron chi connectivity index (χ0n) is 11.4. The van der Waals surface area contributed by atoms with Crippen molar-refractivity contribution >= 4 is 6.29 Å².